The molecular formula is C21H25N3O3S. The van der Waals surface area contributed by atoms with Gasteiger partial charge in [-0.2, -0.15) is 4.31 Å². The zero-order valence-electron chi connectivity index (χ0n) is 15.8. The van der Waals surface area contributed by atoms with Crippen molar-refractivity contribution < 1.29 is 13.2 Å². The summed E-state index contributed by atoms with van der Waals surface area (Å²) < 4.78 is 27.5. The van der Waals surface area contributed by atoms with E-state index in [2.05, 4.69) is 28.9 Å². The van der Waals surface area contributed by atoms with Crippen LogP contribution >= 0.6 is 0 Å². The number of benzene rings is 2. The van der Waals surface area contributed by atoms with Gasteiger partial charge in [0.25, 0.3) is 5.91 Å². The first-order chi connectivity index (χ1) is 13.5. The molecule has 0 unspecified atom stereocenters. The topological polar surface area (TPSA) is 69.7 Å². The molecule has 0 bridgehead atoms. The van der Waals surface area contributed by atoms with E-state index in [1.165, 1.54) is 22.0 Å². The zero-order chi connectivity index (χ0) is 20.0. The van der Waals surface area contributed by atoms with Crippen molar-refractivity contribution in [1.82, 2.24) is 14.5 Å². The van der Waals surface area contributed by atoms with Crippen molar-refractivity contribution >= 4 is 15.9 Å². The molecule has 0 aromatic heterocycles. The van der Waals surface area contributed by atoms with E-state index in [0.717, 1.165) is 6.54 Å². The molecule has 7 heteroatoms. The Labute approximate surface area is 166 Å². The fourth-order valence-electron chi connectivity index (χ4n) is 3.18. The number of sulfonamides is 1. The average molecular weight is 400 g/mol. The summed E-state index contributed by atoms with van der Waals surface area (Å²) in [6.07, 6.45) is 1.58. The first kappa shape index (κ1) is 20.3. The van der Waals surface area contributed by atoms with Crippen LogP contribution in [-0.2, 0) is 16.6 Å². The second-order valence-corrected chi connectivity index (χ2v) is 8.63. The van der Waals surface area contributed by atoms with Crippen LogP contribution in [0.15, 0.2) is 72.1 Å². The van der Waals surface area contributed by atoms with Crippen LogP contribution in [0.2, 0.25) is 0 Å². The third-order valence-electron chi connectivity index (χ3n) is 4.72. The minimum Gasteiger partial charge on any atom is -0.349 e. The van der Waals surface area contributed by atoms with Crippen LogP contribution in [0.3, 0.4) is 0 Å². The van der Waals surface area contributed by atoms with Crippen LogP contribution in [0, 0.1) is 0 Å². The third kappa shape index (κ3) is 4.86. The Bertz CT molecular complexity index is 921. The summed E-state index contributed by atoms with van der Waals surface area (Å²) in [5.74, 6) is -0.315. The van der Waals surface area contributed by atoms with Gasteiger partial charge in [-0.3, -0.25) is 9.69 Å². The Balaban J connectivity index is 1.65. The lowest BCUT2D eigenvalue weighted by atomic mass is 10.2. The van der Waals surface area contributed by atoms with Gasteiger partial charge in [-0.25, -0.2) is 8.42 Å². The van der Waals surface area contributed by atoms with Gasteiger partial charge in [0.1, 0.15) is 0 Å². The van der Waals surface area contributed by atoms with E-state index in [4.69, 9.17) is 0 Å². The summed E-state index contributed by atoms with van der Waals surface area (Å²) in [5, 5.41) is 2.66. The summed E-state index contributed by atoms with van der Waals surface area (Å²) in [7, 11) is -3.63. The van der Waals surface area contributed by atoms with Gasteiger partial charge in [-0.15, -0.1) is 6.58 Å². The molecule has 1 fully saturated rings. The molecule has 0 aliphatic carbocycles. The van der Waals surface area contributed by atoms with Gasteiger partial charge in [0.05, 0.1) is 4.90 Å². The molecule has 1 N–H and O–H groups in total. The first-order valence-corrected chi connectivity index (χ1v) is 10.7. The van der Waals surface area contributed by atoms with Crippen molar-refractivity contribution in [1.29, 1.82) is 0 Å². The minimum absolute atomic E-state index is 0.148. The molecule has 3 rings (SSSR count). The Morgan fingerprint density at radius 2 is 1.75 bits per heavy atom. The van der Waals surface area contributed by atoms with Crippen LogP contribution in [0.4, 0.5) is 0 Å². The Morgan fingerprint density at radius 1 is 1.04 bits per heavy atom. The van der Waals surface area contributed by atoms with Crippen molar-refractivity contribution in [2.45, 2.75) is 11.4 Å². The monoisotopic (exact) mass is 399 g/mol. The lowest BCUT2D eigenvalue weighted by molar-refractivity contribution is 0.0958. The number of piperazine rings is 1. The number of hydrogen-bond donors (Lipinski definition) is 1. The van der Waals surface area contributed by atoms with Crippen LogP contribution in [0.5, 0.6) is 0 Å². The lowest BCUT2D eigenvalue weighted by Gasteiger charge is -2.34. The molecule has 1 aliphatic rings. The highest BCUT2D eigenvalue weighted by Gasteiger charge is 2.28. The van der Waals surface area contributed by atoms with Crippen molar-refractivity contribution in [2.75, 3.05) is 32.7 Å². The smallest absolute Gasteiger partial charge is 0.251 e. The van der Waals surface area contributed by atoms with Crippen molar-refractivity contribution in [2.24, 2.45) is 0 Å². The van der Waals surface area contributed by atoms with Gasteiger partial charge < -0.3 is 5.32 Å². The van der Waals surface area contributed by atoms with Crippen molar-refractivity contribution in [3.8, 4) is 0 Å². The average Bonchev–Trinajstić information content (AvgIpc) is 2.73. The largest absolute Gasteiger partial charge is 0.349 e. The molecule has 148 valence electrons. The summed E-state index contributed by atoms with van der Waals surface area (Å²) in [6.45, 7) is 6.91. The Hall–Kier alpha value is -2.48. The number of amides is 1. The summed E-state index contributed by atoms with van der Waals surface area (Å²) in [6, 6.07) is 16.3. The number of nitrogens with zero attached hydrogens (tertiary/aromatic N) is 2. The molecule has 2 aromatic carbocycles. The number of rotatable bonds is 7. The first-order valence-electron chi connectivity index (χ1n) is 9.26. The van der Waals surface area contributed by atoms with Crippen molar-refractivity contribution in [3.63, 3.8) is 0 Å². The molecule has 1 amide bonds. The highest BCUT2D eigenvalue weighted by atomic mass is 32.2. The summed E-state index contributed by atoms with van der Waals surface area (Å²) in [5.41, 5.74) is 1.54. The highest BCUT2D eigenvalue weighted by molar-refractivity contribution is 7.89. The van der Waals surface area contributed by atoms with E-state index in [1.807, 2.05) is 18.2 Å². The second-order valence-electron chi connectivity index (χ2n) is 6.69. The predicted molar refractivity (Wildman–Crippen MR) is 109 cm³/mol. The molecule has 0 spiro atoms. The lowest BCUT2D eigenvalue weighted by Crippen LogP contribution is -2.48. The van der Waals surface area contributed by atoms with Crippen LogP contribution in [0.25, 0.3) is 0 Å². The summed E-state index contributed by atoms with van der Waals surface area (Å²) in [4.78, 5) is 14.5. The molecule has 0 saturated carbocycles. The van der Waals surface area contributed by atoms with Gasteiger partial charge in [0, 0.05) is 44.8 Å². The van der Waals surface area contributed by atoms with Gasteiger partial charge in [-0.1, -0.05) is 42.5 Å². The molecule has 6 nitrogen and oxygen atoms in total. The number of carbonyl (C=O) groups excluding carboxylic acids is 1. The SMILES string of the molecule is C=CCNC(=O)c1cccc(S(=O)(=O)N2CCN(Cc3ccccc3)CC2)c1. The second kappa shape index (κ2) is 9.14. The molecule has 1 aliphatic heterocycles. The van der Waals surface area contributed by atoms with E-state index in [0.29, 0.717) is 38.3 Å². The van der Waals surface area contributed by atoms with Gasteiger partial charge in [0.2, 0.25) is 10.0 Å². The predicted octanol–water partition coefficient (Wildman–Crippen LogP) is 2.11. The van der Waals surface area contributed by atoms with Gasteiger partial charge in [0.15, 0.2) is 0 Å². The molecule has 0 radical (unpaired) electrons. The van der Waals surface area contributed by atoms with Crippen LogP contribution in [-0.4, -0.2) is 56.3 Å². The fourth-order valence-corrected chi connectivity index (χ4v) is 4.65. The van der Waals surface area contributed by atoms with Gasteiger partial charge in [-0.05, 0) is 23.8 Å². The Kier molecular flexibility index (Phi) is 6.61. The summed E-state index contributed by atoms with van der Waals surface area (Å²) >= 11 is 0. The van der Waals surface area contributed by atoms with E-state index in [-0.39, 0.29) is 10.8 Å². The number of nitrogens with one attached hydrogen (secondary N) is 1. The normalized spacial score (nSPS) is 15.9. The van der Waals surface area contributed by atoms with E-state index >= 15 is 0 Å². The Morgan fingerprint density at radius 3 is 2.43 bits per heavy atom. The van der Waals surface area contributed by atoms with E-state index in [1.54, 1.807) is 18.2 Å². The number of carbonyl (C=O) groups is 1. The highest BCUT2D eigenvalue weighted by Crippen LogP contribution is 2.19. The molecule has 0 atom stereocenters. The minimum atomic E-state index is -3.63. The quantitative estimate of drug-likeness (QED) is 0.724. The van der Waals surface area contributed by atoms with Gasteiger partial charge >= 0.3 is 0 Å². The molecule has 1 heterocycles. The van der Waals surface area contributed by atoms with E-state index in [9.17, 15) is 13.2 Å². The van der Waals surface area contributed by atoms with Crippen LogP contribution in [0.1, 0.15) is 15.9 Å². The maximum Gasteiger partial charge on any atom is 0.251 e. The van der Waals surface area contributed by atoms with Crippen molar-refractivity contribution in [3.05, 3.63) is 78.4 Å². The fraction of sp³-hybridized carbons (Fsp3) is 0.286. The molecular weight excluding hydrogens is 374 g/mol. The standard InChI is InChI=1S/C21H25N3O3S/c1-2-11-22-21(25)19-9-6-10-20(16-19)28(26,27)24-14-12-23(13-15-24)17-18-7-4-3-5-8-18/h2-10,16H,1,11-15,17H2,(H,22,25). The molecule has 1 saturated heterocycles. The van der Waals surface area contributed by atoms with E-state index < -0.39 is 10.0 Å². The zero-order valence-corrected chi connectivity index (χ0v) is 16.6. The molecule has 2 aromatic rings. The molecule has 28 heavy (non-hydrogen) atoms. The maximum atomic E-state index is 13.0. The third-order valence-corrected chi connectivity index (χ3v) is 6.62. The number of hydrogen-bond acceptors (Lipinski definition) is 4. The van der Waals surface area contributed by atoms with Crippen LogP contribution < -0.4 is 5.32 Å². The maximum absolute atomic E-state index is 13.0.